The maximum atomic E-state index is 9.61. The van der Waals surface area contributed by atoms with Crippen molar-refractivity contribution in [2.75, 3.05) is 37.9 Å². The molecule has 0 spiro atoms. The Kier molecular flexibility index (Phi) is 3.03. The van der Waals surface area contributed by atoms with Gasteiger partial charge in [0.15, 0.2) is 11.5 Å². The van der Waals surface area contributed by atoms with Gasteiger partial charge in [-0.25, -0.2) is 4.98 Å². The molecule has 1 unspecified atom stereocenters. The normalized spacial score (nSPS) is 22.6. The maximum absolute atomic E-state index is 9.61. The highest BCUT2D eigenvalue weighted by atomic mass is 16.7. The first-order valence-corrected chi connectivity index (χ1v) is 8.45. The van der Waals surface area contributed by atoms with Crippen LogP contribution in [0.25, 0.3) is 10.9 Å². The van der Waals surface area contributed by atoms with Gasteiger partial charge in [-0.05, 0) is 31.5 Å². The number of anilines is 1. The van der Waals surface area contributed by atoms with Crippen molar-refractivity contribution in [1.29, 1.82) is 5.26 Å². The molecule has 6 nitrogen and oxygen atoms in total. The van der Waals surface area contributed by atoms with Crippen molar-refractivity contribution < 1.29 is 9.47 Å². The van der Waals surface area contributed by atoms with E-state index in [1.807, 2.05) is 18.2 Å². The van der Waals surface area contributed by atoms with Crippen LogP contribution < -0.4 is 14.4 Å². The lowest BCUT2D eigenvalue weighted by Crippen LogP contribution is -2.50. The zero-order valence-corrected chi connectivity index (χ0v) is 13.4. The maximum Gasteiger partial charge on any atom is 0.231 e. The average Bonchev–Trinajstić information content (AvgIpc) is 3.26. The molecule has 1 aromatic carbocycles. The van der Waals surface area contributed by atoms with Crippen LogP contribution in [0.5, 0.6) is 11.5 Å². The molecule has 2 fully saturated rings. The number of rotatable bonds is 1. The first kappa shape index (κ1) is 13.9. The molecule has 6 heteroatoms. The molecule has 24 heavy (non-hydrogen) atoms. The molecular formula is C18H18N4O2. The molecule has 0 saturated carbocycles. The fraction of sp³-hybridized carbons (Fsp3) is 0.444. The predicted molar refractivity (Wildman–Crippen MR) is 89.4 cm³/mol. The summed E-state index contributed by atoms with van der Waals surface area (Å²) in [7, 11) is 0. The third-order valence-corrected chi connectivity index (χ3v) is 5.30. The van der Waals surface area contributed by atoms with Crippen LogP contribution >= 0.6 is 0 Å². The van der Waals surface area contributed by atoms with Crippen LogP contribution in [-0.2, 0) is 0 Å². The number of fused-ring (bicyclic) bond motifs is 3. The standard InChI is InChI=1S/C18H18N4O2/c19-9-13-6-12-7-16-17(24-11-23-16)8-15(12)20-18(13)22-5-4-21-3-1-2-14(21)10-22/h6-8,14H,1-5,10-11H2. The third kappa shape index (κ3) is 2.09. The van der Waals surface area contributed by atoms with Gasteiger partial charge in [0.05, 0.1) is 11.1 Å². The zero-order valence-electron chi connectivity index (χ0n) is 13.4. The molecule has 1 aromatic heterocycles. The molecular weight excluding hydrogens is 304 g/mol. The number of pyridine rings is 1. The van der Waals surface area contributed by atoms with Crippen molar-refractivity contribution in [3.8, 4) is 17.6 Å². The Morgan fingerprint density at radius 3 is 2.88 bits per heavy atom. The van der Waals surface area contributed by atoms with Crippen LogP contribution in [0.2, 0.25) is 0 Å². The van der Waals surface area contributed by atoms with Crippen molar-refractivity contribution in [2.45, 2.75) is 18.9 Å². The molecule has 2 saturated heterocycles. The summed E-state index contributed by atoms with van der Waals surface area (Å²) in [5.74, 6) is 2.25. The monoisotopic (exact) mass is 322 g/mol. The van der Waals surface area contributed by atoms with E-state index < -0.39 is 0 Å². The Bertz CT molecular complexity index is 860. The number of hydrogen-bond acceptors (Lipinski definition) is 6. The SMILES string of the molecule is N#Cc1cc2cc3c(cc2nc1N1CCN2CCCC2C1)OCO3. The summed E-state index contributed by atoms with van der Waals surface area (Å²) in [6.45, 7) is 4.38. The third-order valence-electron chi connectivity index (χ3n) is 5.30. The molecule has 0 amide bonds. The van der Waals surface area contributed by atoms with Crippen molar-refractivity contribution in [3.63, 3.8) is 0 Å². The highest BCUT2D eigenvalue weighted by Gasteiger charge is 2.32. The van der Waals surface area contributed by atoms with E-state index in [4.69, 9.17) is 14.5 Å². The van der Waals surface area contributed by atoms with Crippen molar-refractivity contribution in [2.24, 2.45) is 0 Å². The minimum atomic E-state index is 0.243. The second-order valence-electron chi connectivity index (χ2n) is 6.65. The first-order chi connectivity index (χ1) is 11.8. The van der Waals surface area contributed by atoms with Crippen molar-refractivity contribution in [1.82, 2.24) is 9.88 Å². The Morgan fingerprint density at radius 2 is 2.00 bits per heavy atom. The Balaban J connectivity index is 1.57. The summed E-state index contributed by atoms with van der Waals surface area (Å²) < 4.78 is 10.9. The lowest BCUT2D eigenvalue weighted by Gasteiger charge is -2.38. The Morgan fingerprint density at radius 1 is 1.12 bits per heavy atom. The van der Waals surface area contributed by atoms with Gasteiger partial charge in [0, 0.05) is 37.1 Å². The van der Waals surface area contributed by atoms with E-state index in [1.54, 1.807) is 0 Å². The van der Waals surface area contributed by atoms with Gasteiger partial charge in [0.1, 0.15) is 11.9 Å². The molecule has 5 rings (SSSR count). The summed E-state index contributed by atoms with van der Waals surface area (Å²) in [4.78, 5) is 9.64. The number of benzene rings is 1. The minimum absolute atomic E-state index is 0.243. The van der Waals surface area contributed by atoms with Gasteiger partial charge in [0.25, 0.3) is 0 Å². The molecule has 0 N–H and O–H groups in total. The van der Waals surface area contributed by atoms with Crippen LogP contribution in [0, 0.1) is 11.3 Å². The highest BCUT2D eigenvalue weighted by molar-refractivity contribution is 5.86. The van der Waals surface area contributed by atoms with Gasteiger partial charge in [-0.2, -0.15) is 5.26 Å². The first-order valence-electron chi connectivity index (χ1n) is 8.45. The molecule has 3 aliphatic rings. The van der Waals surface area contributed by atoms with Crippen LogP contribution in [-0.4, -0.2) is 48.9 Å². The van der Waals surface area contributed by atoms with E-state index in [9.17, 15) is 5.26 Å². The van der Waals surface area contributed by atoms with E-state index in [0.29, 0.717) is 11.6 Å². The Labute approximate surface area is 140 Å². The summed E-state index contributed by atoms with van der Waals surface area (Å²) in [5, 5.41) is 10.5. The van der Waals surface area contributed by atoms with Gasteiger partial charge < -0.3 is 14.4 Å². The van der Waals surface area contributed by atoms with Gasteiger partial charge in [-0.3, -0.25) is 4.90 Å². The lowest BCUT2D eigenvalue weighted by molar-refractivity contribution is 0.174. The lowest BCUT2D eigenvalue weighted by atomic mass is 10.1. The van der Waals surface area contributed by atoms with Gasteiger partial charge in [0.2, 0.25) is 6.79 Å². The summed E-state index contributed by atoms with van der Waals surface area (Å²) in [6, 6.07) is 8.65. The minimum Gasteiger partial charge on any atom is -0.454 e. The molecule has 0 radical (unpaired) electrons. The van der Waals surface area contributed by atoms with Crippen LogP contribution in [0.15, 0.2) is 18.2 Å². The molecule has 4 heterocycles. The Hall–Kier alpha value is -2.52. The molecule has 0 aliphatic carbocycles. The average molecular weight is 322 g/mol. The number of nitriles is 1. The van der Waals surface area contributed by atoms with Crippen LogP contribution in [0.3, 0.4) is 0 Å². The molecule has 3 aliphatic heterocycles. The number of piperazine rings is 1. The zero-order chi connectivity index (χ0) is 16.1. The summed E-state index contributed by atoms with van der Waals surface area (Å²) in [6.07, 6.45) is 2.52. The number of nitrogens with zero attached hydrogens (tertiary/aromatic N) is 4. The van der Waals surface area contributed by atoms with E-state index >= 15 is 0 Å². The second-order valence-corrected chi connectivity index (χ2v) is 6.65. The van der Waals surface area contributed by atoms with E-state index in [1.165, 1.54) is 19.4 Å². The quantitative estimate of drug-likeness (QED) is 0.801. The molecule has 0 bridgehead atoms. The van der Waals surface area contributed by atoms with Gasteiger partial charge in [-0.15, -0.1) is 0 Å². The van der Waals surface area contributed by atoms with Crippen molar-refractivity contribution >= 4 is 16.7 Å². The predicted octanol–water partition coefficient (Wildman–Crippen LogP) is 2.12. The van der Waals surface area contributed by atoms with E-state index in [2.05, 4.69) is 15.9 Å². The van der Waals surface area contributed by atoms with Gasteiger partial charge >= 0.3 is 0 Å². The van der Waals surface area contributed by atoms with Crippen molar-refractivity contribution in [3.05, 3.63) is 23.8 Å². The fourth-order valence-corrected chi connectivity index (χ4v) is 4.06. The van der Waals surface area contributed by atoms with Gasteiger partial charge in [-0.1, -0.05) is 0 Å². The van der Waals surface area contributed by atoms with Crippen LogP contribution in [0.4, 0.5) is 5.82 Å². The van der Waals surface area contributed by atoms with Crippen LogP contribution in [0.1, 0.15) is 18.4 Å². The molecule has 2 aromatic rings. The smallest absolute Gasteiger partial charge is 0.231 e. The van der Waals surface area contributed by atoms with E-state index in [-0.39, 0.29) is 6.79 Å². The van der Waals surface area contributed by atoms with E-state index in [0.717, 1.165) is 47.9 Å². The topological polar surface area (TPSA) is 61.6 Å². The highest BCUT2D eigenvalue weighted by Crippen LogP contribution is 2.37. The largest absolute Gasteiger partial charge is 0.454 e. The number of aromatic nitrogens is 1. The number of hydrogen-bond donors (Lipinski definition) is 0. The fourth-order valence-electron chi connectivity index (χ4n) is 4.06. The number of ether oxygens (including phenoxy) is 2. The summed E-state index contributed by atoms with van der Waals surface area (Å²) >= 11 is 0. The molecule has 122 valence electrons. The second kappa shape index (κ2) is 5.25. The summed E-state index contributed by atoms with van der Waals surface area (Å²) in [5.41, 5.74) is 1.48. The molecule has 1 atom stereocenters.